The molecule has 1 heterocycles. The molecule has 1 aliphatic rings. The molecular weight excluding hydrogens is 285 g/mol. The van der Waals surface area contributed by atoms with Crippen molar-refractivity contribution < 1.29 is 17.9 Å². The van der Waals surface area contributed by atoms with E-state index in [1.54, 1.807) is 6.92 Å². The van der Waals surface area contributed by atoms with Crippen LogP contribution < -0.4 is 10.6 Å². The van der Waals surface area contributed by atoms with Crippen molar-refractivity contribution in [3.05, 3.63) is 11.9 Å². The summed E-state index contributed by atoms with van der Waals surface area (Å²) in [5, 5.41) is 5.60. The van der Waals surface area contributed by atoms with E-state index in [9.17, 15) is 13.2 Å². The van der Waals surface area contributed by atoms with Gasteiger partial charge in [0, 0.05) is 25.8 Å². The first-order valence-corrected chi connectivity index (χ1v) is 7.01. The van der Waals surface area contributed by atoms with Crippen LogP contribution in [0, 0.1) is 5.92 Å². The SMILES string of the molecule is CCNc1cc(NCCOCC2CC2)nc(C(F)(F)F)n1. The predicted octanol–water partition coefficient (Wildman–Crippen LogP) is 2.77. The molecule has 1 aromatic heterocycles. The first-order chi connectivity index (χ1) is 9.99. The zero-order valence-electron chi connectivity index (χ0n) is 11.8. The van der Waals surface area contributed by atoms with Gasteiger partial charge < -0.3 is 15.4 Å². The van der Waals surface area contributed by atoms with Gasteiger partial charge in [0.15, 0.2) is 0 Å². The molecule has 1 aliphatic carbocycles. The molecule has 0 aromatic carbocycles. The number of hydrogen-bond acceptors (Lipinski definition) is 5. The Labute approximate surface area is 121 Å². The molecule has 0 saturated heterocycles. The van der Waals surface area contributed by atoms with Crippen LogP contribution in [-0.2, 0) is 10.9 Å². The zero-order chi connectivity index (χ0) is 15.3. The Morgan fingerprint density at radius 1 is 1.24 bits per heavy atom. The van der Waals surface area contributed by atoms with Gasteiger partial charge in [0.1, 0.15) is 11.6 Å². The Balaban J connectivity index is 1.91. The third-order valence-corrected chi connectivity index (χ3v) is 2.94. The largest absolute Gasteiger partial charge is 0.451 e. The average molecular weight is 304 g/mol. The number of nitrogens with zero attached hydrogens (tertiary/aromatic N) is 2. The van der Waals surface area contributed by atoms with Crippen molar-refractivity contribution in [3.8, 4) is 0 Å². The second kappa shape index (κ2) is 6.93. The van der Waals surface area contributed by atoms with Crippen molar-refractivity contribution in [3.63, 3.8) is 0 Å². The van der Waals surface area contributed by atoms with E-state index in [0.717, 1.165) is 6.61 Å². The normalized spacial score (nSPS) is 15.0. The van der Waals surface area contributed by atoms with Crippen LogP contribution >= 0.6 is 0 Å². The Morgan fingerprint density at radius 2 is 1.90 bits per heavy atom. The zero-order valence-corrected chi connectivity index (χ0v) is 11.8. The number of nitrogens with one attached hydrogen (secondary N) is 2. The number of aromatic nitrogens is 2. The van der Waals surface area contributed by atoms with Gasteiger partial charge in [-0.1, -0.05) is 0 Å². The van der Waals surface area contributed by atoms with Crippen molar-refractivity contribution in [1.82, 2.24) is 9.97 Å². The smallest absolute Gasteiger partial charge is 0.379 e. The van der Waals surface area contributed by atoms with Gasteiger partial charge in [-0.05, 0) is 25.7 Å². The maximum atomic E-state index is 12.7. The van der Waals surface area contributed by atoms with E-state index in [2.05, 4.69) is 20.6 Å². The summed E-state index contributed by atoms with van der Waals surface area (Å²) in [5.74, 6) is -0.187. The van der Waals surface area contributed by atoms with Gasteiger partial charge >= 0.3 is 6.18 Å². The highest BCUT2D eigenvalue weighted by Crippen LogP contribution is 2.29. The summed E-state index contributed by atoms with van der Waals surface area (Å²) >= 11 is 0. The highest BCUT2D eigenvalue weighted by molar-refractivity contribution is 5.47. The van der Waals surface area contributed by atoms with E-state index in [-0.39, 0.29) is 11.6 Å². The first kappa shape index (κ1) is 15.8. The molecule has 2 rings (SSSR count). The minimum Gasteiger partial charge on any atom is -0.379 e. The van der Waals surface area contributed by atoms with E-state index in [4.69, 9.17) is 4.74 Å². The molecule has 5 nitrogen and oxygen atoms in total. The van der Waals surface area contributed by atoms with Crippen LogP contribution in [0.3, 0.4) is 0 Å². The van der Waals surface area contributed by atoms with Gasteiger partial charge in [-0.25, -0.2) is 9.97 Å². The predicted molar refractivity (Wildman–Crippen MR) is 73.2 cm³/mol. The molecule has 2 N–H and O–H groups in total. The van der Waals surface area contributed by atoms with Crippen LogP contribution in [0.15, 0.2) is 6.07 Å². The molecule has 0 bridgehead atoms. The Bertz CT molecular complexity index is 463. The second-order valence-electron chi connectivity index (χ2n) is 4.94. The Kier molecular flexibility index (Phi) is 5.22. The van der Waals surface area contributed by atoms with Gasteiger partial charge in [-0.15, -0.1) is 0 Å². The molecule has 0 atom stereocenters. The standard InChI is InChI=1S/C13H19F3N4O/c1-2-17-10-7-11(20-12(19-10)13(14,15)16)18-5-6-21-8-9-3-4-9/h7,9H,2-6,8H2,1H3,(H2,17,18,19,20). The lowest BCUT2D eigenvalue weighted by Crippen LogP contribution is -2.17. The topological polar surface area (TPSA) is 59.1 Å². The van der Waals surface area contributed by atoms with Crippen LogP contribution in [0.2, 0.25) is 0 Å². The first-order valence-electron chi connectivity index (χ1n) is 7.01. The Morgan fingerprint density at radius 3 is 2.48 bits per heavy atom. The molecule has 0 spiro atoms. The lowest BCUT2D eigenvalue weighted by atomic mass is 10.4. The number of anilines is 2. The van der Waals surface area contributed by atoms with Crippen molar-refractivity contribution >= 4 is 11.6 Å². The number of halogens is 3. The maximum absolute atomic E-state index is 12.7. The lowest BCUT2D eigenvalue weighted by molar-refractivity contribution is -0.144. The summed E-state index contributed by atoms with van der Waals surface area (Å²) in [4.78, 5) is 6.94. The van der Waals surface area contributed by atoms with Crippen LogP contribution in [0.25, 0.3) is 0 Å². The molecule has 8 heteroatoms. The van der Waals surface area contributed by atoms with Crippen LogP contribution in [-0.4, -0.2) is 36.3 Å². The third-order valence-electron chi connectivity index (χ3n) is 2.94. The number of alkyl halides is 3. The minimum absolute atomic E-state index is 0.142. The van der Waals surface area contributed by atoms with Crippen LogP contribution in [0.4, 0.5) is 24.8 Å². The quantitative estimate of drug-likeness (QED) is 0.723. The van der Waals surface area contributed by atoms with Gasteiger partial charge in [0.25, 0.3) is 0 Å². The molecule has 1 fully saturated rings. The monoisotopic (exact) mass is 304 g/mol. The van der Waals surface area contributed by atoms with E-state index in [1.165, 1.54) is 18.9 Å². The lowest BCUT2D eigenvalue weighted by Gasteiger charge is -2.12. The van der Waals surface area contributed by atoms with Crippen molar-refractivity contribution in [2.75, 3.05) is 36.9 Å². The molecule has 1 saturated carbocycles. The van der Waals surface area contributed by atoms with E-state index >= 15 is 0 Å². The van der Waals surface area contributed by atoms with Gasteiger partial charge in [0.05, 0.1) is 6.61 Å². The number of rotatable bonds is 8. The fraction of sp³-hybridized carbons (Fsp3) is 0.692. The van der Waals surface area contributed by atoms with Crippen LogP contribution in [0.5, 0.6) is 0 Å². The second-order valence-corrected chi connectivity index (χ2v) is 4.94. The van der Waals surface area contributed by atoms with Crippen molar-refractivity contribution in [2.45, 2.75) is 25.9 Å². The third kappa shape index (κ3) is 5.37. The van der Waals surface area contributed by atoms with E-state index in [0.29, 0.717) is 25.6 Å². The van der Waals surface area contributed by atoms with Crippen LogP contribution in [0.1, 0.15) is 25.6 Å². The minimum atomic E-state index is -4.57. The maximum Gasteiger partial charge on any atom is 0.451 e. The Hall–Kier alpha value is -1.57. The van der Waals surface area contributed by atoms with Crippen molar-refractivity contribution in [2.24, 2.45) is 5.92 Å². The van der Waals surface area contributed by atoms with E-state index < -0.39 is 12.0 Å². The van der Waals surface area contributed by atoms with Gasteiger partial charge in [0.2, 0.25) is 5.82 Å². The molecule has 0 aliphatic heterocycles. The molecule has 0 amide bonds. The highest BCUT2D eigenvalue weighted by Gasteiger charge is 2.35. The molecule has 21 heavy (non-hydrogen) atoms. The summed E-state index contributed by atoms with van der Waals surface area (Å²) < 4.78 is 43.6. The summed E-state index contributed by atoms with van der Waals surface area (Å²) in [7, 11) is 0. The number of hydrogen-bond donors (Lipinski definition) is 2. The highest BCUT2D eigenvalue weighted by atomic mass is 19.4. The molecule has 0 unspecified atom stereocenters. The molecule has 118 valence electrons. The molecular formula is C13H19F3N4O. The molecule has 1 aromatic rings. The van der Waals surface area contributed by atoms with Gasteiger partial charge in [-0.3, -0.25) is 0 Å². The fourth-order valence-corrected chi connectivity index (χ4v) is 1.72. The average Bonchev–Trinajstić information content (AvgIpc) is 3.21. The molecule has 0 radical (unpaired) electrons. The summed E-state index contributed by atoms with van der Waals surface area (Å²) in [6, 6.07) is 1.46. The van der Waals surface area contributed by atoms with Gasteiger partial charge in [-0.2, -0.15) is 13.2 Å². The summed E-state index contributed by atoms with van der Waals surface area (Å²) in [6.07, 6.45) is -2.15. The van der Waals surface area contributed by atoms with Crippen molar-refractivity contribution in [1.29, 1.82) is 0 Å². The van der Waals surface area contributed by atoms with E-state index in [1.807, 2.05) is 0 Å². The fourth-order valence-electron chi connectivity index (χ4n) is 1.72. The number of ether oxygens (including phenoxy) is 1. The summed E-state index contributed by atoms with van der Waals surface area (Å²) in [6.45, 7) is 3.85. The summed E-state index contributed by atoms with van der Waals surface area (Å²) in [5.41, 5.74) is 0.